The maximum atomic E-state index is 13.8. The lowest BCUT2D eigenvalue weighted by Crippen LogP contribution is -2.40. The molecule has 1 unspecified atom stereocenters. The van der Waals surface area contributed by atoms with E-state index >= 15 is 0 Å². The number of ether oxygens (including phenoxy) is 2. The number of halogens is 1. The molecule has 1 amide bonds. The molecule has 1 aliphatic heterocycles. The second kappa shape index (κ2) is 10.3. The Kier molecular flexibility index (Phi) is 7.46. The van der Waals surface area contributed by atoms with Gasteiger partial charge in [-0.05, 0) is 62.2 Å². The zero-order valence-electron chi connectivity index (χ0n) is 18.9. The fraction of sp³-hybridized carbons (Fsp3) is 0.391. The van der Waals surface area contributed by atoms with Gasteiger partial charge >= 0.3 is 0 Å². The minimum Gasteiger partial charge on any atom is -0.497 e. The van der Waals surface area contributed by atoms with Crippen LogP contribution in [-0.4, -0.2) is 56.1 Å². The van der Waals surface area contributed by atoms with Crippen molar-refractivity contribution in [2.75, 3.05) is 26.9 Å². The first-order chi connectivity index (χ1) is 16.3. The van der Waals surface area contributed by atoms with E-state index < -0.39 is 22.0 Å². The minimum atomic E-state index is -3.88. The summed E-state index contributed by atoms with van der Waals surface area (Å²) in [5.41, 5.74) is 0.742. The molecule has 0 bridgehead atoms. The molecule has 4 rings (SSSR count). The first-order valence-electron chi connectivity index (χ1n) is 11.0. The Bertz CT molecular complexity index is 1350. The van der Waals surface area contributed by atoms with Crippen LogP contribution in [0.5, 0.6) is 5.75 Å². The molecule has 34 heavy (non-hydrogen) atoms. The molecule has 0 radical (unpaired) electrons. The first kappa shape index (κ1) is 24.5. The molecule has 0 spiro atoms. The Balaban J connectivity index is 1.68. The van der Waals surface area contributed by atoms with Gasteiger partial charge in [-0.1, -0.05) is 11.3 Å². The molecule has 1 atom stereocenters. The number of carbonyl (C=O) groups excluding carboxylic acids is 1. The number of hydrogen-bond acceptors (Lipinski definition) is 6. The van der Waals surface area contributed by atoms with E-state index in [-0.39, 0.29) is 17.3 Å². The Morgan fingerprint density at radius 1 is 1.24 bits per heavy atom. The summed E-state index contributed by atoms with van der Waals surface area (Å²) in [7, 11) is -2.38. The molecular weight excluding hydrogens is 481 g/mol. The Labute approximate surface area is 201 Å². The topological polar surface area (TPSA) is 90.2 Å². The molecule has 2 aromatic carbocycles. The van der Waals surface area contributed by atoms with E-state index in [1.807, 2.05) is 11.5 Å². The van der Waals surface area contributed by atoms with Gasteiger partial charge in [0, 0.05) is 19.7 Å². The molecule has 2 heterocycles. The van der Waals surface area contributed by atoms with Crippen molar-refractivity contribution in [1.82, 2.24) is 8.87 Å². The average Bonchev–Trinajstić information content (AvgIpc) is 3.45. The van der Waals surface area contributed by atoms with Crippen molar-refractivity contribution in [2.24, 2.45) is 4.99 Å². The minimum absolute atomic E-state index is 0.0946. The fourth-order valence-electron chi connectivity index (χ4n) is 3.98. The van der Waals surface area contributed by atoms with Gasteiger partial charge in [-0.2, -0.15) is 9.30 Å². The number of hydrogen-bond donors (Lipinski definition) is 0. The van der Waals surface area contributed by atoms with Gasteiger partial charge in [-0.25, -0.2) is 12.8 Å². The largest absolute Gasteiger partial charge is 0.497 e. The highest BCUT2D eigenvalue weighted by Gasteiger charge is 2.39. The van der Waals surface area contributed by atoms with Crippen molar-refractivity contribution < 1.29 is 27.1 Å². The number of aromatic nitrogens is 1. The van der Waals surface area contributed by atoms with Gasteiger partial charge < -0.3 is 14.0 Å². The first-order valence-corrected chi connectivity index (χ1v) is 13.2. The monoisotopic (exact) mass is 507 g/mol. The van der Waals surface area contributed by atoms with Crippen LogP contribution >= 0.6 is 11.3 Å². The van der Waals surface area contributed by atoms with E-state index in [1.54, 1.807) is 18.2 Å². The molecule has 1 saturated heterocycles. The van der Waals surface area contributed by atoms with Crippen LogP contribution < -0.4 is 9.54 Å². The number of amides is 1. The van der Waals surface area contributed by atoms with Gasteiger partial charge in [0.15, 0.2) is 4.80 Å². The molecule has 1 aromatic heterocycles. The quantitative estimate of drug-likeness (QED) is 0.437. The highest BCUT2D eigenvalue weighted by atomic mass is 32.2. The maximum Gasteiger partial charge on any atom is 0.266 e. The number of nitrogens with zero attached hydrogens (tertiary/aromatic N) is 3. The van der Waals surface area contributed by atoms with Crippen LogP contribution in [0.15, 0.2) is 52.4 Å². The molecule has 1 aliphatic rings. The van der Waals surface area contributed by atoms with Crippen molar-refractivity contribution in [2.45, 2.75) is 37.2 Å². The molecule has 0 aliphatic carbocycles. The van der Waals surface area contributed by atoms with Gasteiger partial charge in [0.05, 0.1) is 28.8 Å². The number of methoxy groups -OCH3 is 1. The second-order valence-corrected chi connectivity index (χ2v) is 10.6. The molecule has 8 nitrogen and oxygen atoms in total. The number of benzene rings is 2. The SMILES string of the molecule is CCOCCn1c(=NC(=O)C2CCCN2S(=O)(=O)c2ccc(OC)cc2)sc2cc(F)ccc21. The predicted molar refractivity (Wildman–Crippen MR) is 127 cm³/mol. The van der Waals surface area contributed by atoms with Crippen LogP contribution in [0.4, 0.5) is 4.39 Å². The van der Waals surface area contributed by atoms with Crippen molar-refractivity contribution >= 4 is 37.5 Å². The lowest BCUT2D eigenvalue weighted by molar-refractivity contribution is -0.121. The van der Waals surface area contributed by atoms with E-state index in [0.29, 0.717) is 47.9 Å². The van der Waals surface area contributed by atoms with Crippen molar-refractivity contribution in [3.05, 3.63) is 53.1 Å². The van der Waals surface area contributed by atoms with Crippen molar-refractivity contribution in [1.29, 1.82) is 0 Å². The van der Waals surface area contributed by atoms with Crippen molar-refractivity contribution in [3.8, 4) is 5.75 Å². The van der Waals surface area contributed by atoms with Crippen LogP contribution in [0.3, 0.4) is 0 Å². The highest BCUT2D eigenvalue weighted by Crippen LogP contribution is 2.28. The summed E-state index contributed by atoms with van der Waals surface area (Å²) < 4.78 is 54.5. The fourth-order valence-corrected chi connectivity index (χ4v) is 6.71. The molecule has 0 saturated carbocycles. The maximum absolute atomic E-state index is 13.8. The number of carbonyl (C=O) groups is 1. The third-order valence-electron chi connectivity index (χ3n) is 5.67. The van der Waals surface area contributed by atoms with Gasteiger partial charge in [0.2, 0.25) is 10.0 Å². The zero-order chi connectivity index (χ0) is 24.3. The van der Waals surface area contributed by atoms with Gasteiger partial charge in [0.1, 0.15) is 17.6 Å². The smallest absolute Gasteiger partial charge is 0.266 e. The summed E-state index contributed by atoms with van der Waals surface area (Å²) in [5.74, 6) is -0.372. The van der Waals surface area contributed by atoms with Gasteiger partial charge in [-0.3, -0.25) is 4.79 Å². The van der Waals surface area contributed by atoms with Crippen LogP contribution in [-0.2, 0) is 26.1 Å². The molecule has 0 N–H and O–H groups in total. The Morgan fingerprint density at radius 3 is 2.71 bits per heavy atom. The van der Waals surface area contributed by atoms with Crippen LogP contribution in [0.1, 0.15) is 19.8 Å². The number of rotatable bonds is 8. The summed E-state index contributed by atoms with van der Waals surface area (Å²) in [6.07, 6.45) is 0.944. The van der Waals surface area contributed by atoms with Crippen LogP contribution in [0, 0.1) is 5.82 Å². The summed E-state index contributed by atoms with van der Waals surface area (Å²) in [6.45, 7) is 3.51. The average molecular weight is 508 g/mol. The van der Waals surface area contributed by atoms with E-state index in [9.17, 15) is 17.6 Å². The molecular formula is C23H26FN3O5S2. The normalized spacial score (nSPS) is 17.5. The number of sulfonamides is 1. The van der Waals surface area contributed by atoms with Gasteiger partial charge in [-0.15, -0.1) is 0 Å². The molecule has 1 fully saturated rings. The highest BCUT2D eigenvalue weighted by molar-refractivity contribution is 7.89. The summed E-state index contributed by atoms with van der Waals surface area (Å²) in [6, 6.07) is 9.58. The van der Waals surface area contributed by atoms with Crippen molar-refractivity contribution in [3.63, 3.8) is 0 Å². The third kappa shape index (κ3) is 4.92. The second-order valence-electron chi connectivity index (χ2n) is 7.74. The lowest BCUT2D eigenvalue weighted by atomic mass is 10.2. The summed E-state index contributed by atoms with van der Waals surface area (Å²) in [4.78, 5) is 18.0. The summed E-state index contributed by atoms with van der Waals surface area (Å²) >= 11 is 1.19. The van der Waals surface area contributed by atoms with E-state index in [2.05, 4.69) is 4.99 Å². The van der Waals surface area contributed by atoms with Gasteiger partial charge in [0.25, 0.3) is 5.91 Å². The predicted octanol–water partition coefficient (Wildman–Crippen LogP) is 3.17. The number of thiazole rings is 1. The van der Waals surface area contributed by atoms with Crippen LogP contribution in [0.25, 0.3) is 10.2 Å². The molecule has 3 aromatic rings. The lowest BCUT2D eigenvalue weighted by Gasteiger charge is -2.21. The third-order valence-corrected chi connectivity index (χ3v) is 8.63. The van der Waals surface area contributed by atoms with E-state index in [0.717, 1.165) is 5.52 Å². The molecule has 11 heteroatoms. The zero-order valence-corrected chi connectivity index (χ0v) is 20.6. The Morgan fingerprint density at radius 2 is 2.00 bits per heavy atom. The number of fused-ring (bicyclic) bond motifs is 1. The van der Waals surface area contributed by atoms with Crippen LogP contribution in [0.2, 0.25) is 0 Å². The standard InChI is InChI=1S/C23H26FN3O5S2/c1-3-32-14-13-26-19-11-6-16(24)15-21(19)33-23(26)25-22(28)20-5-4-12-27(20)34(29,30)18-9-7-17(31-2)8-10-18/h6-11,15,20H,3-5,12-14H2,1-2H3. The Hall–Kier alpha value is -2.60. The van der Waals surface area contributed by atoms with E-state index in [4.69, 9.17) is 9.47 Å². The van der Waals surface area contributed by atoms with E-state index in [1.165, 1.54) is 47.0 Å². The summed E-state index contributed by atoms with van der Waals surface area (Å²) in [5, 5.41) is 0. The molecule has 182 valence electrons.